The van der Waals surface area contributed by atoms with Crippen molar-refractivity contribution >= 4 is 0 Å². The average Bonchev–Trinajstić information content (AvgIpc) is 2.86. The standard InChI is InChI=1S/C13H20N2/c1-2-6-10(5-1)9-13-14-11-7-3-4-8-12(11)15-13/h10H,1-9H2,(H,14,15). The highest BCUT2D eigenvalue weighted by Gasteiger charge is 2.19. The molecule has 2 heteroatoms. The van der Waals surface area contributed by atoms with Gasteiger partial charge in [-0.3, -0.25) is 0 Å². The molecule has 1 saturated carbocycles. The highest BCUT2D eigenvalue weighted by atomic mass is 14.9. The largest absolute Gasteiger partial charge is 0.346 e. The molecule has 0 amide bonds. The van der Waals surface area contributed by atoms with Gasteiger partial charge in [-0.25, -0.2) is 4.98 Å². The fourth-order valence-corrected chi connectivity index (χ4v) is 3.10. The molecule has 1 fully saturated rings. The minimum atomic E-state index is 0.914. The summed E-state index contributed by atoms with van der Waals surface area (Å²) in [4.78, 5) is 8.31. The molecule has 2 aliphatic carbocycles. The number of fused-ring (bicyclic) bond motifs is 1. The van der Waals surface area contributed by atoms with Crippen molar-refractivity contribution in [2.75, 3.05) is 0 Å². The van der Waals surface area contributed by atoms with Gasteiger partial charge >= 0.3 is 0 Å². The van der Waals surface area contributed by atoms with Gasteiger partial charge in [0, 0.05) is 12.1 Å². The smallest absolute Gasteiger partial charge is 0.106 e. The van der Waals surface area contributed by atoms with Gasteiger partial charge in [-0.1, -0.05) is 25.7 Å². The lowest BCUT2D eigenvalue weighted by atomic mass is 10.0. The normalized spacial score (nSPS) is 21.9. The molecule has 3 rings (SSSR count). The first kappa shape index (κ1) is 9.44. The second-order valence-electron chi connectivity index (χ2n) is 5.17. The van der Waals surface area contributed by atoms with Gasteiger partial charge in [-0.05, 0) is 31.6 Å². The van der Waals surface area contributed by atoms with Crippen molar-refractivity contribution < 1.29 is 0 Å². The lowest BCUT2D eigenvalue weighted by Gasteiger charge is -2.07. The molecule has 0 spiro atoms. The van der Waals surface area contributed by atoms with Gasteiger partial charge < -0.3 is 4.98 Å². The zero-order valence-corrected chi connectivity index (χ0v) is 9.39. The van der Waals surface area contributed by atoms with Crippen molar-refractivity contribution in [3.8, 4) is 0 Å². The number of aromatic nitrogens is 2. The molecule has 0 saturated heterocycles. The second-order valence-corrected chi connectivity index (χ2v) is 5.17. The van der Waals surface area contributed by atoms with Crippen molar-refractivity contribution in [2.45, 2.75) is 57.8 Å². The minimum absolute atomic E-state index is 0.914. The lowest BCUT2D eigenvalue weighted by molar-refractivity contribution is 0.532. The van der Waals surface area contributed by atoms with Crippen LogP contribution >= 0.6 is 0 Å². The molecule has 2 aliphatic rings. The van der Waals surface area contributed by atoms with Crippen molar-refractivity contribution in [2.24, 2.45) is 5.92 Å². The van der Waals surface area contributed by atoms with E-state index in [-0.39, 0.29) is 0 Å². The molecule has 0 radical (unpaired) electrons. The summed E-state index contributed by atoms with van der Waals surface area (Å²) < 4.78 is 0. The molecule has 1 aromatic heterocycles. The Hall–Kier alpha value is -0.790. The molecule has 82 valence electrons. The third kappa shape index (κ3) is 1.95. The fourth-order valence-electron chi connectivity index (χ4n) is 3.10. The van der Waals surface area contributed by atoms with Crippen molar-refractivity contribution in [3.05, 3.63) is 17.2 Å². The zero-order valence-electron chi connectivity index (χ0n) is 9.39. The van der Waals surface area contributed by atoms with Gasteiger partial charge in [0.2, 0.25) is 0 Å². The van der Waals surface area contributed by atoms with Crippen molar-refractivity contribution in [1.82, 2.24) is 9.97 Å². The van der Waals surface area contributed by atoms with Crippen molar-refractivity contribution in [3.63, 3.8) is 0 Å². The van der Waals surface area contributed by atoms with Gasteiger partial charge in [0.1, 0.15) is 5.82 Å². The topological polar surface area (TPSA) is 28.7 Å². The summed E-state index contributed by atoms with van der Waals surface area (Å²) in [5, 5.41) is 0. The molecule has 0 atom stereocenters. The highest BCUT2D eigenvalue weighted by Crippen LogP contribution is 2.28. The Morgan fingerprint density at radius 2 is 1.87 bits per heavy atom. The van der Waals surface area contributed by atoms with Gasteiger partial charge in [0.25, 0.3) is 0 Å². The number of aromatic amines is 1. The summed E-state index contributed by atoms with van der Waals surface area (Å²) in [5.41, 5.74) is 2.81. The first-order valence-corrected chi connectivity index (χ1v) is 6.48. The van der Waals surface area contributed by atoms with Crippen LogP contribution in [-0.2, 0) is 19.3 Å². The maximum Gasteiger partial charge on any atom is 0.106 e. The third-order valence-corrected chi connectivity index (χ3v) is 3.96. The fraction of sp³-hybridized carbons (Fsp3) is 0.769. The monoisotopic (exact) mass is 204 g/mol. The molecular formula is C13H20N2. The van der Waals surface area contributed by atoms with Crippen LogP contribution in [0.15, 0.2) is 0 Å². The van der Waals surface area contributed by atoms with E-state index in [0.29, 0.717) is 0 Å². The molecule has 0 bridgehead atoms. The van der Waals surface area contributed by atoms with Crippen LogP contribution in [-0.4, -0.2) is 9.97 Å². The number of H-pyrrole nitrogens is 1. The summed E-state index contributed by atoms with van der Waals surface area (Å²) in [7, 11) is 0. The molecule has 0 aromatic carbocycles. The van der Waals surface area contributed by atoms with E-state index in [2.05, 4.69) is 4.98 Å². The maximum absolute atomic E-state index is 4.76. The predicted octanol–water partition coefficient (Wildman–Crippen LogP) is 3.02. The van der Waals surface area contributed by atoms with Crippen LogP contribution in [0, 0.1) is 5.92 Å². The quantitative estimate of drug-likeness (QED) is 0.788. The van der Waals surface area contributed by atoms with Crippen LogP contribution in [0.4, 0.5) is 0 Å². The summed E-state index contributed by atoms with van der Waals surface area (Å²) >= 11 is 0. The molecule has 1 heterocycles. The Balaban J connectivity index is 1.72. The van der Waals surface area contributed by atoms with Crippen LogP contribution in [0.2, 0.25) is 0 Å². The summed E-state index contributed by atoms with van der Waals surface area (Å²) in [6.45, 7) is 0. The minimum Gasteiger partial charge on any atom is -0.346 e. The summed E-state index contributed by atoms with van der Waals surface area (Å²) in [5.74, 6) is 2.19. The van der Waals surface area contributed by atoms with Crippen LogP contribution in [0.25, 0.3) is 0 Å². The van der Waals surface area contributed by atoms with E-state index in [1.807, 2.05) is 0 Å². The van der Waals surface area contributed by atoms with Crippen molar-refractivity contribution in [1.29, 1.82) is 0 Å². The molecule has 1 N–H and O–H groups in total. The number of hydrogen-bond acceptors (Lipinski definition) is 1. The average molecular weight is 204 g/mol. The molecule has 2 nitrogen and oxygen atoms in total. The van der Waals surface area contributed by atoms with E-state index in [0.717, 1.165) is 5.92 Å². The predicted molar refractivity (Wildman–Crippen MR) is 60.9 cm³/mol. The Bertz CT molecular complexity index is 311. The highest BCUT2D eigenvalue weighted by molar-refractivity contribution is 5.17. The van der Waals surface area contributed by atoms with Gasteiger partial charge in [-0.2, -0.15) is 0 Å². The Morgan fingerprint density at radius 3 is 2.67 bits per heavy atom. The lowest BCUT2D eigenvalue weighted by Crippen LogP contribution is -2.00. The van der Waals surface area contributed by atoms with E-state index < -0.39 is 0 Å². The SMILES string of the molecule is C1CCc2[nH]c(CC3CCCC3)nc2C1. The van der Waals surface area contributed by atoms with Crippen LogP contribution in [0.1, 0.15) is 55.7 Å². The van der Waals surface area contributed by atoms with Crippen LogP contribution in [0.5, 0.6) is 0 Å². The molecular weight excluding hydrogens is 184 g/mol. The maximum atomic E-state index is 4.76. The summed E-state index contributed by atoms with van der Waals surface area (Å²) in [6.07, 6.45) is 12.0. The molecule has 0 unspecified atom stereocenters. The Morgan fingerprint density at radius 1 is 1.07 bits per heavy atom. The van der Waals surface area contributed by atoms with E-state index in [4.69, 9.17) is 4.98 Å². The number of rotatable bonds is 2. The molecule has 0 aliphatic heterocycles. The Kier molecular flexibility index (Phi) is 2.51. The van der Waals surface area contributed by atoms with Gasteiger partial charge in [0.15, 0.2) is 0 Å². The van der Waals surface area contributed by atoms with Crippen LogP contribution in [0.3, 0.4) is 0 Å². The van der Waals surface area contributed by atoms with Crippen LogP contribution < -0.4 is 0 Å². The number of hydrogen-bond donors (Lipinski definition) is 1. The molecule has 15 heavy (non-hydrogen) atoms. The summed E-state index contributed by atoms with van der Waals surface area (Å²) in [6, 6.07) is 0. The van der Waals surface area contributed by atoms with E-state index in [1.54, 1.807) is 0 Å². The zero-order chi connectivity index (χ0) is 10.1. The van der Waals surface area contributed by atoms with E-state index in [9.17, 15) is 0 Å². The number of imidazole rings is 1. The second kappa shape index (κ2) is 3.99. The number of nitrogens with zero attached hydrogens (tertiary/aromatic N) is 1. The molecule has 1 aromatic rings. The first-order valence-electron chi connectivity index (χ1n) is 6.48. The van der Waals surface area contributed by atoms with E-state index in [1.165, 1.54) is 75.0 Å². The number of aryl methyl sites for hydroxylation is 2. The first-order chi connectivity index (χ1) is 7.42. The number of nitrogens with one attached hydrogen (secondary N) is 1. The van der Waals surface area contributed by atoms with Gasteiger partial charge in [0.05, 0.1) is 5.69 Å². The van der Waals surface area contributed by atoms with Gasteiger partial charge in [-0.15, -0.1) is 0 Å². The van der Waals surface area contributed by atoms with E-state index >= 15 is 0 Å². The third-order valence-electron chi connectivity index (χ3n) is 3.96. The Labute approximate surface area is 91.5 Å².